The van der Waals surface area contributed by atoms with Crippen molar-refractivity contribution in [2.24, 2.45) is 0 Å². The number of allylic oxidation sites excluding steroid dienone is 2. The van der Waals surface area contributed by atoms with Gasteiger partial charge in [-0.2, -0.15) is 0 Å². The van der Waals surface area contributed by atoms with Crippen LogP contribution in [-0.2, 0) is 0 Å². The molecule has 53 heavy (non-hydrogen) atoms. The first-order valence-corrected chi connectivity index (χ1v) is 17.9. The molecule has 244 valence electrons. The van der Waals surface area contributed by atoms with Gasteiger partial charge in [0, 0.05) is 51.4 Å². The van der Waals surface area contributed by atoms with Gasteiger partial charge in [-0.3, -0.25) is 4.98 Å². The van der Waals surface area contributed by atoms with Gasteiger partial charge in [0.2, 0.25) is 0 Å². The zero-order chi connectivity index (χ0) is 34.9. The van der Waals surface area contributed by atoms with Crippen molar-refractivity contribution in [1.29, 1.82) is 0 Å². The highest BCUT2D eigenvalue weighted by molar-refractivity contribution is 6.27. The van der Waals surface area contributed by atoms with Crippen molar-refractivity contribution in [1.82, 2.24) is 19.6 Å². The lowest BCUT2D eigenvalue weighted by atomic mass is 9.88. The molecule has 10 aromatic rings. The van der Waals surface area contributed by atoms with E-state index in [0.29, 0.717) is 0 Å². The fourth-order valence-corrected chi connectivity index (χ4v) is 7.97. The number of nitrogens with zero attached hydrogens (tertiary/aromatic N) is 4. The summed E-state index contributed by atoms with van der Waals surface area (Å²) in [5.74, 6) is 0. The largest absolute Gasteiger partial charge is 0.334 e. The molecule has 1 aliphatic rings. The smallest absolute Gasteiger partial charge is 0.256 e. The molecule has 0 N–H and O–H groups in total. The number of benzene rings is 7. The van der Waals surface area contributed by atoms with Gasteiger partial charge in [-0.25, -0.2) is 9.97 Å². The van der Waals surface area contributed by atoms with Crippen LogP contribution in [0.3, 0.4) is 0 Å². The monoisotopic (exact) mass is 673 g/mol. The molecule has 0 atom stereocenters. The standard InChI is InChI=1S/C49H29N4/c1-2-5-30(6-3-1)43-25-20-37(29-51-43)38-21-14-33-17-24-41-39(22-15-34-16-23-40(38)46(33)47(34)41)45-27-19-36-13-12-35-18-26-44(52-48(35)49(36)53-45)32-10-8-31(9-11-32)42-7-4-28-50-42/h1-29H/q+1. The van der Waals surface area contributed by atoms with Crippen LogP contribution in [0.15, 0.2) is 170 Å². The van der Waals surface area contributed by atoms with Crippen molar-refractivity contribution in [2.45, 2.75) is 0 Å². The van der Waals surface area contributed by atoms with Crippen molar-refractivity contribution in [3.63, 3.8) is 0 Å². The van der Waals surface area contributed by atoms with Crippen molar-refractivity contribution in [3.8, 4) is 44.9 Å². The summed E-state index contributed by atoms with van der Waals surface area (Å²) < 4.78 is 4.44. The van der Waals surface area contributed by atoms with Crippen LogP contribution in [-0.4, -0.2) is 26.9 Å². The molecular formula is C49H29N4+. The lowest BCUT2D eigenvalue weighted by molar-refractivity contribution is 1.33. The summed E-state index contributed by atoms with van der Waals surface area (Å²) in [7, 11) is 0. The molecule has 4 heterocycles. The van der Waals surface area contributed by atoms with E-state index in [4.69, 9.17) is 15.0 Å². The Morgan fingerprint density at radius 1 is 0.396 bits per heavy atom. The molecule has 4 heteroatoms. The molecule has 0 unspecified atom stereocenters. The molecule has 0 aliphatic carbocycles. The quantitative estimate of drug-likeness (QED) is 0.135. The van der Waals surface area contributed by atoms with Crippen LogP contribution in [0.1, 0.15) is 5.56 Å². The Hall–Kier alpha value is -7.26. The van der Waals surface area contributed by atoms with Gasteiger partial charge in [0.25, 0.3) is 6.21 Å². The highest BCUT2D eigenvalue weighted by atomic mass is 14.8. The highest BCUT2D eigenvalue weighted by Gasteiger charge is 2.17. The Morgan fingerprint density at radius 3 is 1.62 bits per heavy atom. The second-order valence-electron chi connectivity index (χ2n) is 13.6. The number of fused-ring (bicyclic) bond motifs is 3. The van der Waals surface area contributed by atoms with E-state index in [1.165, 1.54) is 37.9 Å². The van der Waals surface area contributed by atoms with Gasteiger partial charge in [-0.15, -0.1) is 0 Å². The molecule has 0 fully saturated rings. The van der Waals surface area contributed by atoms with E-state index >= 15 is 0 Å². The van der Waals surface area contributed by atoms with Crippen LogP contribution in [0, 0.1) is 0 Å². The Kier molecular flexibility index (Phi) is 6.47. The number of hydrogen-bond acceptors (Lipinski definition) is 3. The van der Waals surface area contributed by atoms with Crippen LogP contribution in [0.2, 0.25) is 0 Å². The fraction of sp³-hybridized carbons (Fsp3) is 0. The molecular weight excluding hydrogens is 645 g/mol. The van der Waals surface area contributed by atoms with E-state index in [1.54, 1.807) is 0 Å². The Morgan fingerprint density at radius 2 is 0.943 bits per heavy atom. The van der Waals surface area contributed by atoms with Gasteiger partial charge < -0.3 is 0 Å². The Bertz CT molecular complexity index is 3170. The van der Waals surface area contributed by atoms with E-state index < -0.39 is 0 Å². The maximum absolute atomic E-state index is 5.36. The first kappa shape index (κ1) is 29.5. The zero-order valence-electron chi connectivity index (χ0n) is 28.5. The second kappa shape index (κ2) is 11.6. The summed E-state index contributed by atoms with van der Waals surface area (Å²) >= 11 is 0. The first-order valence-electron chi connectivity index (χ1n) is 17.9. The lowest BCUT2D eigenvalue weighted by Crippen LogP contribution is -1.97. The topological polar surface area (TPSA) is 52.8 Å². The molecule has 1 aliphatic heterocycles. The Labute approximate surface area is 305 Å². The van der Waals surface area contributed by atoms with Gasteiger partial charge in [0.1, 0.15) is 0 Å². The van der Waals surface area contributed by atoms with Gasteiger partial charge in [-0.05, 0) is 68.2 Å². The molecule has 11 rings (SSSR count). The molecule has 0 saturated heterocycles. The summed E-state index contributed by atoms with van der Waals surface area (Å²) in [6, 6.07) is 53.9. The van der Waals surface area contributed by atoms with Gasteiger partial charge in [-0.1, -0.05) is 126 Å². The van der Waals surface area contributed by atoms with Crippen LogP contribution in [0.4, 0.5) is 0 Å². The molecule has 3 aromatic heterocycles. The van der Waals surface area contributed by atoms with E-state index in [2.05, 4.69) is 138 Å². The predicted octanol–water partition coefficient (Wildman–Crippen LogP) is 11.2. The van der Waals surface area contributed by atoms with Gasteiger partial charge in [0.05, 0.1) is 33.7 Å². The number of aromatic nitrogens is 3. The van der Waals surface area contributed by atoms with Crippen molar-refractivity contribution < 1.29 is 0 Å². The SMILES string of the molecule is C1=CC(c2ccc(-c3ccc4ccc5ccc(-c6ccc7ccc8c(-c9ccc(-c%10ccccc%10)nc9)ccc9ccc6c7c98)nc5c4n3)cc2)=[N+]=C1. The lowest BCUT2D eigenvalue weighted by Gasteiger charge is -2.16. The van der Waals surface area contributed by atoms with Gasteiger partial charge in [0.15, 0.2) is 0 Å². The molecule has 7 aromatic carbocycles. The third kappa shape index (κ3) is 4.78. The second-order valence-corrected chi connectivity index (χ2v) is 13.6. The summed E-state index contributed by atoms with van der Waals surface area (Å²) in [6.45, 7) is 0. The maximum atomic E-state index is 5.36. The predicted molar refractivity (Wildman–Crippen MR) is 222 cm³/mol. The summed E-state index contributed by atoms with van der Waals surface area (Å²) in [6.07, 6.45) is 7.81. The minimum Gasteiger partial charge on any atom is -0.256 e. The van der Waals surface area contributed by atoms with Crippen LogP contribution in [0.25, 0.3) is 99.0 Å². The van der Waals surface area contributed by atoms with Crippen LogP contribution >= 0.6 is 0 Å². The summed E-state index contributed by atoms with van der Waals surface area (Å²) in [5, 5.41) is 9.51. The van der Waals surface area contributed by atoms with E-state index in [1.807, 2.05) is 42.8 Å². The molecule has 0 saturated carbocycles. The molecule has 0 amide bonds. The van der Waals surface area contributed by atoms with Gasteiger partial charge >= 0.3 is 5.71 Å². The highest BCUT2D eigenvalue weighted by Crippen LogP contribution is 2.42. The van der Waals surface area contributed by atoms with E-state index in [-0.39, 0.29) is 0 Å². The zero-order valence-corrected chi connectivity index (χ0v) is 28.5. The number of rotatable bonds is 5. The third-order valence-electron chi connectivity index (χ3n) is 10.6. The minimum atomic E-state index is 0.901. The van der Waals surface area contributed by atoms with Crippen LogP contribution < -0.4 is 4.67 Å². The maximum Gasteiger partial charge on any atom is 0.334 e. The van der Waals surface area contributed by atoms with Crippen molar-refractivity contribution in [3.05, 3.63) is 176 Å². The average Bonchev–Trinajstić information content (AvgIpc) is 3.78. The van der Waals surface area contributed by atoms with Crippen LogP contribution in [0.5, 0.6) is 0 Å². The number of pyridine rings is 3. The average molecular weight is 674 g/mol. The molecule has 0 spiro atoms. The number of hydrogen-bond donors (Lipinski definition) is 0. The summed E-state index contributed by atoms with van der Waals surface area (Å²) in [4.78, 5) is 15.4. The van der Waals surface area contributed by atoms with Crippen molar-refractivity contribution in [2.75, 3.05) is 0 Å². The molecule has 0 radical (unpaired) electrons. The fourth-order valence-electron chi connectivity index (χ4n) is 7.97. The van der Waals surface area contributed by atoms with Crippen molar-refractivity contribution >= 4 is 66.0 Å². The first-order chi connectivity index (χ1) is 26.2. The molecule has 4 nitrogen and oxygen atoms in total. The Balaban J connectivity index is 1.04. The minimum absolute atomic E-state index is 0.901. The summed E-state index contributed by atoms with van der Waals surface area (Å²) in [5.41, 5.74) is 12.3. The van der Waals surface area contributed by atoms with E-state index in [9.17, 15) is 0 Å². The molecule has 0 bridgehead atoms. The normalized spacial score (nSPS) is 12.6. The third-order valence-corrected chi connectivity index (χ3v) is 10.6. The van der Waals surface area contributed by atoms with E-state index in [0.717, 1.165) is 72.4 Å².